The first-order chi connectivity index (χ1) is 8.75. The number of carbonyl (C=O) groups is 1. The average molecular weight is 248 g/mol. The van der Waals surface area contributed by atoms with Crippen LogP contribution in [0.25, 0.3) is 11.6 Å². The van der Waals surface area contributed by atoms with Gasteiger partial charge in [0, 0.05) is 0 Å². The largest absolute Gasteiger partial charge is 0.481 e. The Balaban J connectivity index is 1.95. The molecule has 0 bridgehead atoms. The molecule has 1 atom stereocenters. The molecule has 0 saturated heterocycles. The Morgan fingerprint density at radius 3 is 3.06 bits per heavy atom. The third kappa shape index (κ3) is 1.99. The minimum Gasteiger partial charge on any atom is -0.481 e. The van der Waals surface area contributed by atoms with Crippen molar-refractivity contribution >= 4 is 5.97 Å². The molecule has 18 heavy (non-hydrogen) atoms. The summed E-state index contributed by atoms with van der Waals surface area (Å²) in [6.45, 7) is 0. The number of carboxylic acid groups (broad SMARTS) is 1. The van der Waals surface area contributed by atoms with Crippen molar-refractivity contribution in [3.8, 4) is 11.6 Å². The maximum absolute atomic E-state index is 10.9. The first-order valence-corrected chi connectivity index (χ1v) is 5.79. The van der Waals surface area contributed by atoms with Crippen LogP contribution in [-0.4, -0.2) is 31.3 Å². The van der Waals surface area contributed by atoms with Gasteiger partial charge in [0.15, 0.2) is 5.76 Å². The lowest BCUT2D eigenvalue weighted by molar-refractivity contribution is -0.138. The van der Waals surface area contributed by atoms with Gasteiger partial charge in [-0.15, -0.1) is 5.10 Å². The third-order valence-electron chi connectivity index (χ3n) is 3.10. The summed E-state index contributed by atoms with van der Waals surface area (Å²) < 4.78 is 6.84. The standard InChI is InChI=1S/C11H12N4O3/c16-10(17)6-8(7-3-4-7)15-11(12-13-14-15)9-2-1-5-18-9/h1-2,5,7-8H,3-4,6H2,(H,16,17). The predicted molar refractivity (Wildman–Crippen MR) is 59.5 cm³/mol. The highest BCUT2D eigenvalue weighted by molar-refractivity contribution is 5.67. The summed E-state index contributed by atoms with van der Waals surface area (Å²) in [4.78, 5) is 10.9. The van der Waals surface area contributed by atoms with Crippen molar-refractivity contribution in [2.45, 2.75) is 25.3 Å². The Bertz CT molecular complexity index is 544. The molecule has 1 aliphatic carbocycles. The van der Waals surface area contributed by atoms with Crippen LogP contribution in [0.5, 0.6) is 0 Å². The number of furan rings is 1. The van der Waals surface area contributed by atoms with Crippen molar-refractivity contribution < 1.29 is 14.3 Å². The summed E-state index contributed by atoms with van der Waals surface area (Å²) in [6.07, 6.45) is 3.62. The fourth-order valence-electron chi connectivity index (χ4n) is 2.10. The van der Waals surface area contributed by atoms with E-state index in [2.05, 4.69) is 15.5 Å². The highest BCUT2D eigenvalue weighted by Gasteiger charge is 2.36. The number of hydrogen-bond donors (Lipinski definition) is 1. The van der Waals surface area contributed by atoms with E-state index < -0.39 is 5.97 Å². The molecule has 7 heteroatoms. The van der Waals surface area contributed by atoms with Crippen LogP contribution in [0.2, 0.25) is 0 Å². The van der Waals surface area contributed by atoms with Crippen LogP contribution in [0.3, 0.4) is 0 Å². The van der Waals surface area contributed by atoms with Gasteiger partial charge in [0.1, 0.15) is 0 Å². The van der Waals surface area contributed by atoms with Crippen LogP contribution in [0.1, 0.15) is 25.3 Å². The summed E-state index contributed by atoms with van der Waals surface area (Å²) in [5.74, 6) is 0.542. The van der Waals surface area contributed by atoms with Gasteiger partial charge in [0.05, 0.1) is 18.7 Å². The van der Waals surface area contributed by atoms with E-state index in [1.54, 1.807) is 16.8 Å². The molecule has 0 aromatic carbocycles. The van der Waals surface area contributed by atoms with Crippen LogP contribution in [0.4, 0.5) is 0 Å². The topological polar surface area (TPSA) is 94.0 Å². The van der Waals surface area contributed by atoms with E-state index in [1.807, 2.05) is 0 Å². The molecule has 1 N–H and O–H groups in total. The van der Waals surface area contributed by atoms with Gasteiger partial charge in [-0.1, -0.05) is 0 Å². The highest BCUT2D eigenvalue weighted by Crippen LogP contribution is 2.42. The number of aliphatic carboxylic acids is 1. The Hall–Kier alpha value is -2.18. The molecule has 7 nitrogen and oxygen atoms in total. The molecule has 1 unspecified atom stereocenters. The van der Waals surface area contributed by atoms with E-state index in [0.29, 0.717) is 17.5 Å². The van der Waals surface area contributed by atoms with Crippen molar-refractivity contribution in [3.63, 3.8) is 0 Å². The van der Waals surface area contributed by atoms with Crippen LogP contribution in [-0.2, 0) is 4.79 Å². The zero-order valence-corrected chi connectivity index (χ0v) is 9.56. The normalized spacial score (nSPS) is 16.7. The minimum absolute atomic E-state index is 0.0312. The van der Waals surface area contributed by atoms with Crippen molar-refractivity contribution in [2.24, 2.45) is 5.92 Å². The SMILES string of the molecule is O=C(O)CC(C1CC1)n1nnnc1-c1ccco1. The molecule has 2 aromatic rings. The van der Waals surface area contributed by atoms with Crippen molar-refractivity contribution in [2.75, 3.05) is 0 Å². The predicted octanol–water partition coefficient (Wildman–Crippen LogP) is 1.36. The van der Waals surface area contributed by atoms with Crippen molar-refractivity contribution in [1.82, 2.24) is 20.2 Å². The number of rotatable bonds is 5. The maximum Gasteiger partial charge on any atom is 0.305 e. The summed E-state index contributed by atoms with van der Waals surface area (Å²) in [5.41, 5.74) is 0. The van der Waals surface area contributed by atoms with Gasteiger partial charge >= 0.3 is 5.97 Å². The van der Waals surface area contributed by atoms with Gasteiger partial charge in [0.2, 0.25) is 5.82 Å². The smallest absolute Gasteiger partial charge is 0.305 e. The van der Waals surface area contributed by atoms with E-state index in [-0.39, 0.29) is 12.5 Å². The second-order valence-electron chi connectivity index (χ2n) is 4.43. The van der Waals surface area contributed by atoms with Crippen LogP contribution in [0.15, 0.2) is 22.8 Å². The fraction of sp³-hybridized carbons (Fsp3) is 0.455. The Morgan fingerprint density at radius 1 is 1.61 bits per heavy atom. The molecule has 0 aliphatic heterocycles. The minimum atomic E-state index is -0.840. The Kier molecular flexibility index (Phi) is 2.58. The van der Waals surface area contributed by atoms with Gasteiger partial charge in [-0.3, -0.25) is 4.79 Å². The summed E-state index contributed by atoms with van der Waals surface area (Å²) in [6, 6.07) is 3.31. The number of aromatic nitrogens is 4. The number of tetrazole rings is 1. The van der Waals surface area contributed by atoms with E-state index in [1.165, 1.54) is 6.26 Å². The zero-order chi connectivity index (χ0) is 12.5. The molecular weight excluding hydrogens is 236 g/mol. The number of nitrogens with zero attached hydrogens (tertiary/aromatic N) is 4. The maximum atomic E-state index is 10.9. The van der Waals surface area contributed by atoms with Crippen molar-refractivity contribution in [3.05, 3.63) is 18.4 Å². The molecule has 1 aliphatic rings. The van der Waals surface area contributed by atoms with Gasteiger partial charge in [0.25, 0.3) is 0 Å². The molecule has 2 heterocycles. The summed E-state index contributed by atoms with van der Waals surface area (Å²) in [7, 11) is 0. The zero-order valence-electron chi connectivity index (χ0n) is 9.56. The molecule has 1 saturated carbocycles. The lowest BCUT2D eigenvalue weighted by Gasteiger charge is -2.14. The van der Waals surface area contributed by atoms with Gasteiger partial charge in [-0.25, -0.2) is 4.68 Å². The second kappa shape index (κ2) is 4.25. The molecule has 1 fully saturated rings. The first-order valence-electron chi connectivity index (χ1n) is 5.79. The molecule has 3 rings (SSSR count). The van der Waals surface area contributed by atoms with Crippen LogP contribution >= 0.6 is 0 Å². The van der Waals surface area contributed by atoms with Crippen LogP contribution < -0.4 is 0 Å². The second-order valence-corrected chi connectivity index (χ2v) is 4.43. The van der Waals surface area contributed by atoms with E-state index in [4.69, 9.17) is 9.52 Å². The molecule has 2 aromatic heterocycles. The molecule has 0 radical (unpaired) electrons. The third-order valence-corrected chi connectivity index (χ3v) is 3.10. The lowest BCUT2D eigenvalue weighted by atomic mass is 10.1. The molecule has 0 spiro atoms. The Labute approximate surface area is 102 Å². The summed E-state index contributed by atoms with van der Waals surface area (Å²) in [5, 5.41) is 20.4. The van der Waals surface area contributed by atoms with E-state index >= 15 is 0 Å². The van der Waals surface area contributed by atoms with Gasteiger partial charge < -0.3 is 9.52 Å². The molecular formula is C11H12N4O3. The number of hydrogen-bond acceptors (Lipinski definition) is 5. The van der Waals surface area contributed by atoms with Crippen molar-refractivity contribution in [1.29, 1.82) is 0 Å². The van der Waals surface area contributed by atoms with Crippen LogP contribution in [0, 0.1) is 5.92 Å². The first kappa shape index (κ1) is 10.9. The van der Waals surface area contributed by atoms with Gasteiger partial charge in [-0.2, -0.15) is 0 Å². The van der Waals surface area contributed by atoms with E-state index in [9.17, 15) is 4.79 Å². The molecule has 94 valence electrons. The number of carboxylic acids is 1. The Morgan fingerprint density at radius 2 is 2.44 bits per heavy atom. The summed E-state index contributed by atoms with van der Waals surface area (Å²) >= 11 is 0. The fourth-order valence-corrected chi connectivity index (χ4v) is 2.10. The van der Waals surface area contributed by atoms with E-state index in [0.717, 1.165) is 12.8 Å². The monoisotopic (exact) mass is 248 g/mol. The molecule has 0 amide bonds. The average Bonchev–Trinajstić information content (AvgIpc) is 2.86. The highest BCUT2D eigenvalue weighted by atomic mass is 16.4. The quantitative estimate of drug-likeness (QED) is 0.858. The van der Waals surface area contributed by atoms with Gasteiger partial charge in [-0.05, 0) is 41.3 Å². The lowest BCUT2D eigenvalue weighted by Crippen LogP contribution is -2.18.